The lowest BCUT2D eigenvalue weighted by atomic mass is 10.2. The number of hydrogen-bond donors (Lipinski definition) is 2. The maximum Gasteiger partial charge on any atom is 0.188 e. The molecule has 0 atom stereocenters. The first-order chi connectivity index (χ1) is 11.3. The monoisotopic (exact) mass is 319 g/mol. The molecule has 0 aromatic heterocycles. The van der Waals surface area contributed by atoms with Gasteiger partial charge in [-0.1, -0.05) is 43.2 Å². The molecular formula is C18H29N3O2. The molecule has 1 aromatic rings. The van der Waals surface area contributed by atoms with Crippen LogP contribution in [0.5, 0.6) is 0 Å². The minimum Gasteiger partial charge on any atom is -0.379 e. The zero-order valence-electron chi connectivity index (χ0n) is 13.9. The van der Waals surface area contributed by atoms with E-state index in [0.717, 1.165) is 6.42 Å². The number of guanidine groups is 1. The van der Waals surface area contributed by atoms with Gasteiger partial charge in [0.05, 0.1) is 19.8 Å². The van der Waals surface area contributed by atoms with Crippen molar-refractivity contribution in [2.45, 2.75) is 44.8 Å². The standard InChI is InChI=1S/C18H29N3O2/c19-18(21-17-9-4-5-10-17)20-11-6-12-22-13-14-23-15-16-7-2-1-3-8-16/h1-3,7-8,17H,4-6,9-15H2,(H3,19,20,21). The minimum absolute atomic E-state index is 0.525. The van der Waals surface area contributed by atoms with E-state index in [9.17, 15) is 0 Å². The third kappa shape index (κ3) is 8.00. The summed E-state index contributed by atoms with van der Waals surface area (Å²) in [6.07, 6.45) is 5.90. The Kier molecular flexibility index (Phi) is 8.51. The second-order valence-corrected chi connectivity index (χ2v) is 5.90. The van der Waals surface area contributed by atoms with Crippen LogP contribution in [0.15, 0.2) is 35.3 Å². The van der Waals surface area contributed by atoms with Crippen LogP contribution in [0.2, 0.25) is 0 Å². The summed E-state index contributed by atoms with van der Waals surface area (Å²) in [5.74, 6) is 0.572. The van der Waals surface area contributed by atoms with Gasteiger partial charge in [0, 0.05) is 19.2 Å². The van der Waals surface area contributed by atoms with E-state index < -0.39 is 0 Å². The lowest BCUT2D eigenvalue weighted by molar-refractivity contribution is 0.0403. The van der Waals surface area contributed by atoms with Crippen molar-refractivity contribution in [2.75, 3.05) is 26.4 Å². The first-order valence-corrected chi connectivity index (χ1v) is 8.60. The first kappa shape index (κ1) is 17.8. The second-order valence-electron chi connectivity index (χ2n) is 5.90. The summed E-state index contributed by atoms with van der Waals surface area (Å²) in [5, 5.41) is 3.28. The van der Waals surface area contributed by atoms with Crippen LogP contribution >= 0.6 is 0 Å². The Morgan fingerprint density at radius 1 is 1.09 bits per heavy atom. The van der Waals surface area contributed by atoms with Crippen molar-refractivity contribution in [3.63, 3.8) is 0 Å². The van der Waals surface area contributed by atoms with Crippen LogP contribution in [0.4, 0.5) is 0 Å². The fraction of sp³-hybridized carbons (Fsp3) is 0.611. The van der Waals surface area contributed by atoms with Crippen LogP contribution in [-0.2, 0) is 16.1 Å². The van der Waals surface area contributed by atoms with Gasteiger partial charge in [0.25, 0.3) is 0 Å². The summed E-state index contributed by atoms with van der Waals surface area (Å²) in [6.45, 7) is 3.26. The van der Waals surface area contributed by atoms with E-state index >= 15 is 0 Å². The molecule has 0 saturated heterocycles. The highest BCUT2D eigenvalue weighted by molar-refractivity contribution is 5.78. The lowest BCUT2D eigenvalue weighted by Crippen LogP contribution is -2.38. The molecule has 2 rings (SSSR count). The van der Waals surface area contributed by atoms with Crippen molar-refractivity contribution in [3.05, 3.63) is 35.9 Å². The number of nitrogens with two attached hydrogens (primary N) is 1. The maximum absolute atomic E-state index is 5.87. The van der Waals surface area contributed by atoms with Gasteiger partial charge in [-0.25, -0.2) is 0 Å². The van der Waals surface area contributed by atoms with E-state index in [-0.39, 0.29) is 0 Å². The van der Waals surface area contributed by atoms with E-state index in [2.05, 4.69) is 22.4 Å². The number of hydrogen-bond acceptors (Lipinski definition) is 3. The van der Waals surface area contributed by atoms with Gasteiger partial charge in [0.2, 0.25) is 0 Å². The first-order valence-electron chi connectivity index (χ1n) is 8.60. The van der Waals surface area contributed by atoms with E-state index in [1.807, 2.05) is 18.2 Å². The van der Waals surface area contributed by atoms with Gasteiger partial charge < -0.3 is 20.5 Å². The van der Waals surface area contributed by atoms with Crippen molar-refractivity contribution >= 4 is 5.96 Å². The molecule has 128 valence electrons. The molecule has 1 aliphatic carbocycles. The average Bonchev–Trinajstić information content (AvgIpc) is 3.07. The van der Waals surface area contributed by atoms with Crippen molar-refractivity contribution in [3.8, 4) is 0 Å². The molecule has 3 N–H and O–H groups in total. The summed E-state index contributed by atoms with van der Waals surface area (Å²) in [6, 6.07) is 10.7. The van der Waals surface area contributed by atoms with Crippen molar-refractivity contribution in [1.82, 2.24) is 5.32 Å². The molecular weight excluding hydrogens is 290 g/mol. The summed E-state index contributed by atoms with van der Waals surface area (Å²) in [7, 11) is 0. The van der Waals surface area contributed by atoms with Crippen LogP contribution in [-0.4, -0.2) is 38.4 Å². The van der Waals surface area contributed by atoms with Gasteiger partial charge in [0.15, 0.2) is 5.96 Å². The molecule has 0 amide bonds. The van der Waals surface area contributed by atoms with Gasteiger partial charge in [-0.15, -0.1) is 0 Å². The molecule has 0 aliphatic heterocycles. The number of aliphatic imine (C=N–C) groups is 1. The molecule has 0 unspecified atom stereocenters. The normalized spacial score (nSPS) is 15.9. The highest BCUT2D eigenvalue weighted by atomic mass is 16.5. The highest BCUT2D eigenvalue weighted by Crippen LogP contribution is 2.17. The van der Waals surface area contributed by atoms with Crippen LogP contribution in [0.3, 0.4) is 0 Å². The molecule has 5 nitrogen and oxygen atoms in total. The topological polar surface area (TPSA) is 68.9 Å². The van der Waals surface area contributed by atoms with Crippen LogP contribution in [0.25, 0.3) is 0 Å². The number of nitrogens with zero attached hydrogens (tertiary/aromatic N) is 1. The van der Waals surface area contributed by atoms with E-state index in [1.54, 1.807) is 0 Å². The summed E-state index contributed by atoms with van der Waals surface area (Å²) in [4.78, 5) is 4.33. The number of rotatable bonds is 10. The Balaban J connectivity index is 1.40. The van der Waals surface area contributed by atoms with Crippen molar-refractivity contribution in [1.29, 1.82) is 0 Å². The predicted octanol–water partition coefficient (Wildman–Crippen LogP) is 2.46. The van der Waals surface area contributed by atoms with Crippen LogP contribution in [0.1, 0.15) is 37.7 Å². The predicted molar refractivity (Wildman–Crippen MR) is 93.4 cm³/mol. The Labute approximate surface area is 139 Å². The Morgan fingerprint density at radius 2 is 1.83 bits per heavy atom. The molecule has 5 heteroatoms. The number of benzene rings is 1. The van der Waals surface area contributed by atoms with Gasteiger partial charge in [0.1, 0.15) is 0 Å². The zero-order chi connectivity index (χ0) is 16.2. The zero-order valence-corrected chi connectivity index (χ0v) is 13.9. The summed E-state index contributed by atoms with van der Waals surface area (Å²) >= 11 is 0. The van der Waals surface area contributed by atoms with Crippen molar-refractivity contribution in [2.24, 2.45) is 10.7 Å². The van der Waals surface area contributed by atoms with Gasteiger partial charge >= 0.3 is 0 Å². The third-order valence-electron chi connectivity index (χ3n) is 3.92. The molecule has 23 heavy (non-hydrogen) atoms. The smallest absolute Gasteiger partial charge is 0.188 e. The van der Waals surface area contributed by atoms with Crippen molar-refractivity contribution < 1.29 is 9.47 Å². The number of ether oxygens (including phenoxy) is 2. The molecule has 0 bridgehead atoms. The molecule has 1 aromatic carbocycles. The number of nitrogens with one attached hydrogen (secondary N) is 1. The fourth-order valence-corrected chi connectivity index (χ4v) is 2.68. The van der Waals surface area contributed by atoms with Crippen LogP contribution < -0.4 is 11.1 Å². The SMILES string of the molecule is NC(=NCCCOCCOCc1ccccc1)NC1CCCC1. The van der Waals surface area contributed by atoms with E-state index in [0.29, 0.717) is 45.0 Å². The van der Waals surface area contributed by atoms with Gasteiger partial charge in [-0.3, -0.25) is 4.99 Å². The lowest BCUT2D eigenvalue weighted by Gasteiger charge is -2.12. The molecule has 1 fully saturated rings. The highest BCUT2D eigenvalue weighted by Gasteiger charge is 2.14. The van der Waals surface area contributed by atoms with E-state index in [1.165, 1.54) is 31.2 Å². The fourth-order valence-electron chi connectivity index (χ4n) is 2.68. The molecule has 1 saturated carbocycles. The summed E-state index contributed by atoms with van der Waals surface area (Å²) in [5.41, 5.74) is 7.05. The molecule has 0 radical (unpaired) electrons. The second kappa shape index (κ2) is 11.0. The third-order valence-corrected chi connectivity index (χ3v) is 3.92. The minimum atomic E-state index is 0.525. The van der Waals surface area contributed by atoms with Gasteiger partial charge in [-0.05, 0) is 24.8 Å². The molecule has 0 spiro atoms. The maximum atomic E-state index is 5.87. The van der Waals surface area contributed by atoms with E-state index in [4.69, 9.17) is 15.2 Å². The Morgan fingerprint density at radius 3 is 2.61 bits per heavy atom. The average molecular weight is 319 g/mol. The quantitative estimate of drug-likeness (QED) is 0.395. The van der Waals surface area contributed by atoms with Gasteiger partial charge in [-0.2, -0.15) is 0 Å². The largest absolute Gasteiger partial charge is 0.379 e. The summed E-state index contributed by atoms with van der Waals surface area (Å²) < 4.78 is 11.1. The van der Waals surface area contributed by atoms with Crippen LogP contribution in [0, 0.1) is 0 Å². The molecule has 1 aliphatic rings. The Hall–Kier alpha value is -1.59. The molecule has 0 heterocycles. The Bertz CT molecular complexity index is 445.